The number of nitrogens with zero attached hydrogens (tertiary/aromatic N) is 2. The van der Waals surface area contributed by atoms with E-state index in [-0.39, 0.29) is 5.76 Å². The zero-order valence-electron chi connectivity index (χ0n) is 14.0. The van der Waals surface area contributed by atoms with Crippen molar-refractivity contribution < 1.29 is 18.9 Å². The van der Waals surface area contributed by atoms with Gasteiger partial charge in [-0.25, -0.2) is 4.79 Å². The number of carbonyl (C=O) groups excluding carboxylic acids is 1. The molecule has 0 radical (unpaired) electrons. The highest BCUT2D eigenvalue weighted by atomic mass is 16.7. The number of hydrogen-bond donors (Lipinski definition) is 0. The van der Waals surface area contributed by atoms with Gasteiger partial charge in [0, 0.05) is 19.3 Å². The summed E-state index contributed by atoms with van der Waals surface area (Å²) in [6.45, 7) is 0.697. The van der Waals surface area contributed by atoms with Crippen molar-refractivity contribution in [1.29, 1.82) is 0 Å². The van der Waals surface area contributed by atoms with Crippen molar-refractivity contribution in [1.82, 2.24) is 0 Å². The average Bonchev–Trinajstić information content (AvgIpc) is 3.15. The molecule has 1 heterocycles. The van der Waals surface area contributed by atoms with Crippen LogP contribution in [0.3, 0.4) is 0 Å². The molecule has 0 N–H and O–H groups in total. The van der Waals surface area contributed by atoms with Gasteiger partial charge in [-0.15, -0.1) is 0 Å². The second-order valence-corrected chi connectivity index (χ2v) is 5.62. The van der Waals surface area contributed by atoms with Crippen molar-refractivity contribution in [2.75, 3.05) is 11.9 Å². The van der Waals surface area contributed by atoms with Crippen molar-refractivity contribution in [2.45, 2.75) is 6.54 Å². The largest absolute Gasteiger partial charge is 0.433 e. The Labute approximate surface area is 149 Å². The minimum Gasteiger partial charge on any atom is -0.421 e. The molecule has 1 aromatic heterocycles. The van der Waals surface area contributed by atoms with Crippen LogP contribution in [-0.4, -0.2) is 17.9 Å². The fourth-order valence-electron chi connectivity index (χ4n) is 2.40. The molecule has 0 aliphatic heterocycles. The normalized spacial score (nSPS) is 10.3. The maximum atomic E-state index is 12.0. The first-order valence-corrected chi connectivity index (χ1v) is 7.84. The van der Waals surface area contributed by atoms with Gasteiger partial charge < -0.3 is 14.1 Å². The average molecular weight is 352 g/mol. The molecule has 2 aromatic carbocycles. The minimum absolute atomic E-state index is 0.218. The molecular weight excluding hydrogens is 336 g/mol. The molecule has 0 amide bonds. The zero-order valence-corrected chi connectivity index (χ0v) is 14.0. The Morgan fingerprint density at radius 1 is 1.08 bits per heavy atom. The Balaban J connectivity index is 1.62. The molecule has 0 spiro atoms. The van der Waals surface area contributed by atoms with E-state index in [2.05, 4.69) is 4.90 Å². The van der Waals surface area contributed by atoms with E-state index < -0.39 is 16.8 Å². The maximum absolute atomic E-state index is 12.0. The Bertz CT molecular complexity index is 903. The second-order valence-electron chi connectivity index (χ2n) is 5.62. The molecule has 3 aromatic rings. The van der Waals surface area contributed by atoms with E-state index in [4.69, 9.17) is 9.15 Å². The van der Waals surface area contributed by atoms with Gasteiger partial charge in [-0.1, -0.05) is 30.3 Å². The monoisotopic (exact) mass is 352 g/mol. The first-order valence-electron chi connectivity index (χ1n) is 7.84. The smallest absolute Gasteiger partial charge is 0.421 e. The van der Waals surface area contributed by atoms with Gasteiger partial charge in [0.15, 0.2) is 0 Å². The third-order valence-corrected chi connectivity index (χ3v) is 3.72. The number of furan rings is 1. The van der Waals surface area contributed by atoms with E-state index >= 15 is 0 Å². The van der Waals surface area contributed by atoms with Gasteiger partial charge >= 0.3 is 11.9 Å². The summed E-state index contributed by atoms with van der Waals surface area (Å²) in [5.74, 6) is -1.17. The molecule has 0 aliphatic carbocycles. The molecule has 0 unspecified atom stereocenters. The quantitative estimate of drug-likeness (QED) is 0.288. The van der Waals surface area contributed by atoms with Gasteiger partial charge in [0.2, 0.25) is 5.76 Å². The Morgan fingerprint density at radius 3 is 2.38 bits per heavy atom. The van der Waals surface area contributed by atoms with Gasteiger partial charge in [0.25, 0.3) is 0 Å². The molecule has 0 bridgehead atoms. The van der Waals surface area contributed by atoms with Crippen LogP contribution in [0.4, 0.5) is 11.6 Å². The highest BCUT2D eigenvalue weighted by Gasteiger charge is 2.19. The van der Waals surface area contributed by atoms with Crippen LogP contribution >= 0.6 is 0 Å². The minimum atomic E-state index is -0.785. The summed E-state index contributed by atoms with van der Waals surface area (Å²) in [6.07, 6.45) is 0. The molecule has 7 heteroatoms. The van der Waals surface area contributed by atoms with Crippen LogP contribution < -0.4 is 9.64 Å². The van der Waals surface area contributed by atoms with Crippen LogP contribution in [0.25, 0.3) is 0 Å². The highest BCUT2D eigenvalue weighted by Crippen LogP contribution is 2.20. The van der Waals surface area contributed by atoms with E-state index in [1.807, 2.05) is 49.5 Å². The second kappa shape index (κ2) is 7.52. The molecule has 0 atom stereocenters. The lowest BCUT2D eigenvalue weighted by molar-refractivity contribution is -0.402. The number of carbonyl (C=O) groups is 1. The summed E-state index contributed by atoms with van der Waals surface area (Å²) in [5, 5.41) is 10.6. The fourth-order valence-corrected chi connectivity index (χ4v) is 2.40. The third kappa shape index (κ3) is 4.07. The predicted molar refractivity (Wildman–Crippen MR) is 95.3 cm³/mol. The first-order chi connectivity index (χ1) is 12.5. The van der Waals surface area contributed by atoms with Crippen LogP contribution in [0, 0.1) is 10.1 Å². The van der Waals surface area contributed by atoms with Crippen LogP contribution in [-0.2, 0) is 6.54 Å². The number of benzene rings is 2. The number of ether oxygens (including phenoxy) is 1. The molecule has 132 valence electrons. The number of anilines is 1. The first kappa shape index (κ1) is 17.2. The van der Waals surface area contributed by atoms with Gasteiger partial charge in [-0.05, 0) is 35.9 Å². The van der Waals surface area contributed by atoms with Crippen LogP contribution in [0.1, 0.15) is 16.1 Å². The van der Waals surface area contributed by atoms with Crippen molar-refractivity contribution in [3.63, 3.8) is 0 Å². The molecule has 0 saturated carbocycles. The number of hydrogen-bond acceptors (Lipinski definition) is 6. The van der Waals surface area contributed by atoms with Crippen LogP contribution in [0.5, 0.6) is 5.75 Å². The van der Waals surface area contributed by atoms with E-state index in [0.717, 1.165) is 17.3 Å². The number of esters is 1. The summed E-state index contributed by atoms with van der Waals surface area (Å²) in [4.78, 5) is 23.9. The lowest BCUT2D eigenvalue weighted by Crippen LogP contribution is -2.16. The maximum Gasteiger partial charge on any atom is 0.433 e. The SMILES string of the molecule is CN(Cc1ccc(OC(=O)c2ccc([N+](=O)[O-])o2)cc1)c1ccccc1. The number of para-hydroxylation sites is 1. The Morgan fingerprint density at radius 2 is 1.77 bits per heavy atom. The van der Waals surface area contributed by atoms with E-state index in [9.17, 15) is 14.9 Å². The molecule has 3 rings (SSSR count). The summed E-state index contributed by atoms with van der Waals surface area (Å²) < 4.78 is 9.99. The molecule has 26 heavy (non-hydrogen) atoms. The number of rotatable bonds is 6. The number of nitro groups is 1. The van der Waals surface area contributed by atoms with E-state index in [0.29, 0.717) is 12.3 Å². The van der Waals surface area contributed by atoms with Gasteiger partial charge in [0.05, 0.1) is 6.07 Å². The van der Waals surface area contributed by atoms with E-state index in [1.54, 1.807) is 12.1 Å². The van der Waals surface area contributed by atoms with E-state index in [1.165, 1.54) is 6.07 Å². The topological polar surface area (TPSA) is 85.8 Å². The highest BCUT2D eigenvalue weighted by molar-refractivity contribution is 5.88. The summed E-state index contributed by atoms with van der Waals surface area (Å²) in [5.41, 5.74) is 2.15. The van der Waals surface area contributed by atoms with Crippen molar-refractivity contribution in [2.24, 2.45) is 0 Å². The van der Waals surface area contributed by atoms with Crippen LogP contribution in [0.2, 0.25) is 0 Å². The van der Waals surface area contributed by atoms with Crippen molar-refractivity contribution in [3.8, 4) is 5.75 Å². The molecule has 0 fully saturated rings. The lowest BCUT2D eigenvalue weighted by atomic mass is 10.2. The lowest BCUT2D eigenvalue weighted by Gasteiger charge is -2.19. The molecule has 0 saturated heterocycles. The fraction of sp³-hybridized carbons (Fsp3) is 0.105. The standard InChI is InChI=1S/C19H16N2O5/c1-20(15-5-3-2-4-6-15)13-14-7-9-16(10-8-14)25-19(22)17-11-12-18(26-17)21(23)24/h2-12H,13H2,1H3. The zero-order chi connectivity index (χ0) is 18.5. The molecule has 7 nitrogen and oxygen atoms in total. The van der Waals surface area contributed by atoms with Crippen LogP contribution in [0.15, 0.2) is 71.1 Å². The van der Waals surface area contributed by atoms with Gasteiger partial charge in [-0.2, -0.15) is 0 Å². The summed E-state index contributed by atoms with van der Waals surface area (Å²) in [7, 11) is 1.99. The summed E-state index contributed by atoms with van der Waals surface area (Å²) >= 11 is 0. The Kier molecular flexibility index (Phi) is 4.98. The van der Waals surface area contributed by atoms with Crippen molar-refractivity contribution >= 4 is 17.5 Å². The molecular formula is C19H16N2O5. The Hall–Kier alpha value is -3.61. The van der Waals surface area contributed by atoms with Crippen molar-refractivity contribution in [3.05, 3.63) is 88.2 Å². The van der Waals surface area contributed by atoms with Gasteiger partial charge in [-0.3, -0.25) is 10.1 Å². The third-order valence-electron chi connectivity index (χ3n) is 3.72. The molecule has 0 aliphatic rings. The predicted octanol–water partition coefficient (Wildman–Crippen LogP) is 4.04. The summed E-state index contributed by atoms with van der Waals surface area (Å²) in [6, 6.07) is 19.3. The van der Waals surface area contributed by atoms with Gasteiger partial charge in [0.1, 0.15) is 10.7 Å².